The van der Waals surface area contributed by atoms with Gasteiger partial charge >= 0.3 is 0 Å². The molecule has 0 atom stereocenters. The van der Waals surface area contributed by atoms with Crippen molar-refractivity contribution < 1.29 is 4.74 Å². The van der Waals surface area contributed by atoms with Gasteiger partial charge in [0.1, 0.15) is 6.61 Å². The average molecular weight is 285 g/mol. The molecule has 3 aromatic rings. The molecule has 0 amide bonds. The third-order valence-corrected chi connectivity index (χ3v) is 3.26. The molecule has 0 radical (unpaired) electrons. The molecular weight excluding hydrogens is 272 g/mol. The van der Waals surface area contributed by atoms with Crippen molar-refractivity contribution in [1.29, 1.82) is 0 Å². The van der Waals surface area contributed by atoms with Crippen molar-refractivity contribution >= 4 is 28.2 Å². The zero-order valence-corrected chi connectivity index (χ0v) is 11.5. The predicted molar refractivity (Wildman–Crippen MR) is 81.9 cm³/mol. The van der Waals surface area contributed by atoms with Crippen molar-refractivity contribution in [3.05, 3.63) is 65.3 Å². The fraction of sp³-hybridized carbons (Fsp3) is 0.0625. The number of hydrogen-bond acceptors (Lipinski definition) is 3. The maximum absolute atomic E-state index is 5.97. The molecule has 0 aliphatic rings. The first-order chi connectivity index (χ1) is 9.74. The molecule has 100 valence electrons. The summed E-state index contributed by atoms with van der Waals surface area (Å²) in [6, 6.07) is 15.3. The number of nitrogens with two attached hydrogens (primary N) is 1. The highest BCUT2D eigenvalue weighted by Gasteiger charge is 2.08. The molecule has 1 aromatic heterocycles. The Morgan fingerprint density at radius 3 is 2.80 bits per heavy atom. The molecule has 0 bridgehead atoms. The van der Waals surface area contributed by atoms with Crippen LogP contribution in [0, 0.1) is 0 Å². The quantitative estimate of drug-likeness (QED) is 0.789. The van der Waals surface area contributed by atoms with E-state index in [-0.39, 0.29) is 0 Å². The van der Waals surface area contributed by atoms with Gasteiger partial charge in [0.05, 0.1) is 17.4 Å². The van der Waals surface area contributed by atoms with Crippen LogP contribution in [0.1, 0.15) is 5.56 Å². The summed E-state index contributed by atoms with van der Waals surface area (Å²) in [6.07, 6.45) is 1.62. The van der Waals surface area contributed by atoms with Crippen molar-refractivity contribution in [2.75, 3.05) is 5.73 Å². The van der Waals surface area contributed by atoms with E-state index in [1.54, 1.807) is 6.20 Å². The monoisotopic (exact) mass is 284 g/mol. The maximum Gasteiger partial charge on any atom is 0.153 e. The minimum Gasteiger partial charge on any atom is -0.486 e. The van der Waals surface area contributed by atoms with Gasteiger partial charge in [0.15, 0.2) is 5.75 Å². The highest BCUT2D eigenvalue weighted by atomic mass is 35.5. The van der Waals surface area contributed by atoms with Crippen LogP contribution in [0.4, 0.5) is 5.69 Å². The third kappa shape index (κ3) is 2.53. The average Bonchev–Trinajstić information content (AvgIpc) is 2.46. The molecule has 2 N–H and O–H groups in total. The first kappa shape index (κ1) is 12.8. The fourth-order valence-electron chi connectivity index (χ4n) is 2.07. The first-order valence-corrected chi connectivity index (χ1v) is 6.62. The van der Waals surface area contributed by atoms with Crippen LogP contribution >= 0.6 is 11.6 Å². The number of aromatic nitrogens is 1. The number of nitrogen functional groups attached to an aromatic ring is 1. The Hall–Kier alpha value is -2.26. The van der Waals surface area contributed by atoms with E-state index in [4.69, 9.17) is 22.1 Å². The summed E-state index contributed by atoms with van der Waals surface area (Å²) in [7, 11) is 0. The Morgan fingerprint density at radius 2 is 1.95 bits per heavy atom. The van der Waals surface area contributed by atoms with E-state index >= 15 is 0 Å². The van der Waals surface area contributed by atoms with Gasteiger partial charge in [0.2, 0.25) is 0 Å². The standard InChI is InChI=1S/C16H13ClN2O/c17-12-5-3-4-11(8-12)10-20-16-13-6-1-2-7-15(13)19-9-14(16)18/h1-9H,10,18H2. The maximum atomic E-state index is 5.97. The lowest BCUT2D eigenvalue weighted by atomic mass is 10.2. The summed E-state index contributed by atoms with van der Waals surface area (Å²) < 4.78 is 5.87. The van der Waals surface area contributed by atoms with Crippen molar-refractivity contribution in [3.8, 4) is 5.75 Å². The van der Waals surface area contributed by atoms with Crippen molar-refractivity contribution in [2.24, 2.45) is 0 Å². The van der Waals surface area contributed by atoms with E-state index in [2.05, 4.69) is 4.98 Å². The number of nitrogens with zero attached hydrogens (tertiary/aromatic N) is 1. The van der Waals surface area contributed by atoms with Crippen LogP contribution in [0.3, 0.4) is 0 Å². The predicted octanol–water partition coefficient (Wildman–Crippen LogP) is 4.05. The SMILES string of the molecule is Nc1cnc2ccccc2c1OCc1cccc(Cl)c1. The lowest BCUT2D eigenvalue weighted by Gasteiger charge is -2.11. The Balaban J connectivity index is 1.92. The zero-order chi connectivity index (χ0) is 13.9. The molecule has 1 heterocycles. The van der Waals surface area contributed by atoms with E-state index in [1.807, 2.05) is 48.5 Å². The number of anilines is 1. The smallest absolute Gasteiger partial charge is 0.153 e. The number of hydrogen-bond donors (Lipinski definition) is 1. The van der Waals surface area contributed by atoms with E-state index in [9.17, 15) is 0 Å². The first-order valence-electron chi connectivity index (χ1n) is 6.24. The molecule has 0 unspecified atom stereocenters. The second kappa shape index (κ2) is 5.39. The van der Waals surface area contributed by atoms with E-state index < -0.39 is 0 Å². The van der Waals surface area contributed by atoms with E-state index in [0.29, 0.717) is 23.1 Å². The van der Waals surface area contributed by atoms with Crippen LogP contribution < -0.4 is 10.5 Å². The summed E-state index contributed by atoms with van der Waals surface area (Å²) >= 11 is 5.96. The molecule has 3 rings (SSSR count). The molecular formula is C16H13ClN2O. The molecule has 20 heavy (non-hydrogen) atoms. The summed E-state index contributed by atoms with van der Waals surface area (Å²) in [5.41, 5.74) is 8.36. The highest BCUT2D eigenvalue weighted by molar-refractivity contribution is 6.30. The summed E-state index contributed by atoms with van der Waals surface area (Å²) in [5.74, 6) is 0.663. The van der Waals surface area contributed by atoms with Crippen molar-refractivity contribution in [1.82, 2.24) is 4.98 Å². The van der Waals surface area contributed by atoms with Gasteiger partial charge in [-0.25, -0.2) is 0 Å². The summed E-state index contributed by atoms with van der Waals surface area (Å²) in [4.78, 5) is 4.28. The Morgan fingerprint density at radius 1 is 1.10 bits per heavy atom. The minimum absolute atomic E-state index is 0.415. The van der Waals surface area contributed by atoms with E-state index in [0.717, 1.165) is 16.5 Å². The van der Waals surface area contributed by atoms with Crippen LogP contribution in [0.5, 0.6) is 5.75 Å². The number of halogens is 1. The van der Waals surface area contributed by atoms with Crippen molar-refractivity contribution in [3.63, 3.8) is 0 Å². The van der Waals surface area contributed by atoms with E-state index in [1.165, 1.54) is 0 Å². The van der Waals surface area contributed by atoms with Crippen LogP contribution in [0.2, 0.25) is 5.02 Å². The number of pyridine rings is 1. The Kier molecular flexibility index (Phi) is 3.44. The number of rotatable bonds is 3. The lowest BCUT2D eigenvalue weighted by Crippen LogP contribution is -2.00. The van der Waals surface area contributed by atoms with Crippen molar-refractivity contribution in [2.45, 2.75) is 6.61 Å². The molecule has 2 aromatic carbocycles. The molecule has 0 spiro atoms. The Labute approximate surface area is 122 Å². The van der Waals surface area contributed by atoms with Gasteiger partial charge in [-0.05, 0) is 29.8 Å². The highest BCUT2D eigenvalue weighted by Crippen LogP contribution is 2.30. The van der Waals surface area contributed by atoms with Gasteiger partial charge < -0.3 is 10.5 Å². The molecule has 0 saturated carbocycles. The molecule has 4 heteroatoms. The van der Waals surface area contributed by atoms with Gasteiger partial charge in [-0.3, -0.25) is 4.98 Å². The van der Waals surface area contributed by atoms with Gasteiger partial charge in [-0.2, -0.15) is 0 Å². The molecule has 0 saturated heterocycles. The largest absolute Gasteiger partial charge is 0.486 e. The lowest BCUT2D eigenvalue weighted by molar-refractivity contribution is 0.311. The molecule has 3 nitrogen and oxygen atoms in total. The second-order valence-electron chi connectivity index (χ2n) is 4.48. The molecule has 0 aliphatic carbocycles. The number of para-hydroxylation sites is 1. The van der Waals surface area contributed by atoms with Crippen LogP contribution in [0.25, 0.3) is 10.9 Å². The molecule has 0 fully saturated rings. The minimum atomic E-state index is 0.415. The topological polar surface area (TPSA) is 48.1 Å². The Bertz CT molecular complexity index is 758. The number of ether oxygens (including phenoxy) is 1. The van der Waals surface area contributed by atoms with Gasteiger partial charge in [-0.15, -0.1) is 0 Å². The zero-order valence-electron chi connectivity index (χ0n) is 10.7. The molecule has 0 aliphatic heterocycles. The normalized spacial score (nSPS) is 10.7. The van der Waals surface area contributed by atoms with Gasteiger partial charge in [0.25, 0.3) is 0 Å². The second-order valence-corrected chi connectivity index (χ2v) is 4.91. The fourth-order valence-corrected chi connectivity index (χ4v) is 2.29. The van der Waals surface area contributed by atoms with Gasteiger partial charge in [-0.1, -0.05) is 35.9 Å². The summed E-state index contributed by atoms with van der Waals surface area (Å²) in [5, 5.41) is 1.60. The number of fused-ring (bicyclic) bond motifs is 1. The third-order valence-electron chi connectivity index (χ3n) is 3.03. The van der Waals surface area contributed by atoms with Crippen LogP contribution in [-0.2, 0) is 6.61 Å². The number of benzene rings is 2. The van der Waals surface area contributed by atoms with Crippen LogP contribution in [-0.4, -0.2) is 4.98 Å². The van der Waals surface area contributed by atoms with Gasteiger partial charge in [0, 0.05) is 10.4 Å². The summed E-state index contributed by atoms with van der Waals surface area (Å²) in [6.45, 7) is 0.415. The van der Waals surface area contributed by atoms with Crippen LogP contribution in [0.15, 0.2) is 54.7 Å².